The van der Waals surface area contributed by atoms with Crippen LogP contribution in [0.4, 0.5) is 5.82 Å². The lowest BCUT2D eigenvalue weighted by Gasteiger charge is -2.24. The van der Waals surface area contributed by atoms with Crippen LogP contribution in [0, 0.1) is 5.41 Å². The van der Waals surface area contributed by atoms with Gasteiger partial charge in [-0.25, -0.2) is 13.0 Å². The highest BCUT2D eigenvalue weighted by Gasteiger charge is 2.42. The number of aromatic nitrogens is 1. The fourth-order valence-corrected chi connectivity index (χ4v) is 4.97. The summed E-state index contributed by atoms with van der Waals surface area (Å²) in [5.74, 6) is -0.240. The van der Waals surface area contributed by atoms with Gasteiger partial charge < -0.3 is 9.66 Å². The van der Waals surface area contributed by atoms with E-state index in [0.717, 1.165) is 42.2 Å². The molecule has 1 aromatic heterocycles. The largest absolute Gasteiger partial charge is 0.748 e. The van der Waals surface area contributed by atoms with Crippen molar-refractivity contribution in [2.45, 2.75) is 71.8 Å². The highest BCUT2D eigenvalue weighted by molar-refractivity contribution is 7.85. The van der Waals surface area contributed by atoms with E-state index in [4.69, 9.17) is 10.1 Å². The van der Waals surface area contributed by atoms with Gasteiger partial charge in [0.15, 0.2) is 5.71 Å². The first-order valence-corrected chi connectivity index (χ1v) is 13.9. The van der Waals surface area contributed by atoms with Gasteiger partial charge in [-0.1, -0.05) is 6.08 Å². The molecule has 3 heterocycles. The molecule has 0 aliphatic carbocycles. The molecule has 9 nitrogen and oxygen atoms in total. The van der Waals surface area contributed by atoms with Crippen LogP contribution in [0.1, 0.15) is 65.4 Å². The molecule has 3 rings (SSSR count). The predicted octanol–water partition coefficient (Wildman–Crippen LogP) is 3.69. The molecule has 1 N–H and O–H groups in total. The van der Waals surface area contributed by atoms with Crippen LogP contribution in [0.2, 0.25) is 0 Å². The van der Waals surface area contributed by atoms with Crippen LogP contribution in [-0.4, -0.2) is 53.3 Å². The van der Waals surface area contributed by atoms with E-state index in [2.05, 4.69) is 29.6 Å². The SMILES string of the molecule is CC1(C)C=NN(CCCS(=O)(=O)[O-])/C1=C/C=C/C1=Nc2c(ccc[n+]2CCCCCC(=O)O)C1(C)C. The minimum Gasteiger partial charge on any atom is -0.748 e. The number of allylic oxidation sites excluding steroid dienone is 4. The average molecular weight is 517 g/mol. The predicted molar refractivity (Wildman–Crippen MR) is 138 cm³/mol. The van der Waals surface area contributed by atoms with Crippen LogP contribution in [0.3, 0.4) is 0 Å². The topological polar surface area (TPSA) is 126 Å². The summed E-state index contributed by atoms with van der Waals surface area (Å²) in [6.07, 6.45) is 12.6. The number of rotatable bonds is 12. The van der Waals surface area contributed by atoms with Crippen molar-refractivity contribution >= 4 is 33.8 Å². The number of aryl methyl sites for hydroxylation is 1. The maximum atomic E-state index is 10.9. The van der Waals surface area contributed by atoms with Gasteiger partial charge in [-0.05, 0) is 82.7 Å². The van der Waals surface area contributed by atoms with Gasteiger partial charge in [0.05, 0.1) is 33.8 Å². The fraction of sp³-hybridized carbons (Fsp3) is 0.538. The zero-order valence-corrected chi connectivity index (χ0v) is 22.3. The van der Waals surface area contributed by atoms with Crippen molar-refractivity contribution in [2.75, 3.05) is 12.3 Å². The molecule has 0 unspecified atom stereocenters. The molecule has 0 saturated heterocycles. The molecule has 0 spiro atoms. The third-order valence-corrected chi connectivity index (χ3v) is 7.39. The first-order chi connectivity index (χ1) is 16.8. The standard InChI is InChI=1S/C26H36N4O5S/c1-25(2)19-27-30(17-10-18-36(33,34)35)22(25)13-8-12-21-26(3,4)20-11-9-16-29(24(20)28-21)15-7-5-6-14-23(31)32/h8-9,11-13,16,19H,5-7,10,14-15,17-18H2,1-4H3,(H-,31,32,33,34,35). The van der Waals surface area contributed by atoms with Gasteiger partial charge in [-0.3, -0.25) is 9.80 Å². The first-order valence-electron chi connectivity index (χ1n) is 12.3. The summed E-state index contributed by atoms with van der Waals surface area (Å²) in [7, 11) is -4.25. The summed E-state index contributed by atoms with van der Waals surface area (Å²) >= 11 is 0. The van der Waals surface area contributed by atoms with E-state index in [9.17, 15) is 17.8 Å². The third kappa shape index (κ3) is 6.88. The average Bonchev–Trinajstić information content (AvgIpc) is 3.20. The maximum absolute atomic E-state index is 10.9. The monoisotopic (exact) mass is 516 g/mol. The van der Waals surface area contributed by atoms with Gasteiger partial charge in [0, 0.05) is 36.0 Å². The van der Waals surface area contributed by atoms with Crippen molar-refractivity contribution in [1.29, 1.82) is 0 Å². The molecule has 0 saturated carbocycles. The van der Waals surface area contributed by atoms with Gasteiger partial charge in [0.25, 0.3) is 0 Å². The molecule has 0 fully saturated rings. The van der Waals surface area contributed by atoms with E-state index in [1.807, 2.05) is 50.6 Å². The number of hydrogen-bond acceptors (Lipinski definition) is 7. The highest BCUT2D eigenvalue weighted by Crippen LogP contribution is 2.38. The smallest absolute Gasteiger partial charge is 0.327 e. The Balaban J connectivity index is 1.73. The summed E-state index contributed by atoms with van der Waals surface area (Å²) in [4.78, 5) is 15.7. The number of aliphatic carboxylic acids is 1. The number of carboxylic acid groups (broad SMARTS) is 1. The minimum absolute atomic E-state index is 0.199. The van der Waals surface area contributed by atoms with E-state index < -0.39 is 21.8 Å². The maximum Gasteiger partial charge on any atom is 0.327 e. The summed E-state index contributed by atoms with van der Waals surface area (Å²) in [6.45, 7) is 9.49. The third-order valence-electron chi connectivity index (χ3n) is 6.60. The Hall–Kier alpha value is -2.85. The van der Waals surface area contributed by atoms with E-state index in [1.165, 1.54) is 0 Å². The van der Waals surface area contributed by atoms with Crippen molar-refractivity contribution in [2.24, 2.45) is 15.5 Å². The number of unbranched alkanes of at least 4 members (excludes halogenated alkanes) is 2. The number of hydrazone groups is 1. The molecule has 2 aliphatic rings. The Bertz CT molecular complexity index is 1210. The van der Waals surface area contributed by atoms with E-state index >= 15 is 0 Å². The van der Waals surface area contributed by atoms with E-state index in [1.54, 1.807) is 5.01 Å². The number of hydrogen-bond donors (Lipinski definition) is 1. The zero-order chi connectivity index (χ0) is 26.6. The molecule has 0 radical (unpaired) electrons. The lowest BCUT2D eigenvalue weighted by molar-refractivity contribution is -0.684. The normalized spacial score (nSPS) is 19.3. The van der Waals surface area contributed by atoms with Crippen LogP contribution in [0.5, 0.6) is 0 Å². The number of carbonyl (C=O) groups is 1. The summed E-state index contributed by atoms with van der Waals surface area (Å²) in [5.41, 5.74) is 2.40. The second kappa shape index (κ2) is 11.0. The van der Waals surface area contributed by atoms with Crippen LogP contribution >= 0.6 is 0 Å². The van der Waals surface area contributed by atoms with Crippen LogP contribution in [-0.2, 0) is 26.9 Å². The molecule has 1 aromatic rings. The quantitative estimate of drug-likeness (QED) is 0.257. The number of nitrogens with zero attached hydrogens (tertiary/aromatic N) is 4. The summed E-state index contributed by atoms with van der Waals surface area (Å²) in [6, 6.07) is 4.12. The Labute approximate surface area is 213 Å². The molecule has 0 atom stereocenters. The lowest BCUT2D eigenvalue weighted by atomic mass is 9.82. The lowest BCUT2D eigenvalue weighted by Crippen LogP contribution is -2.34. The number of pyridine rings is 1. The molecule has 2 aliphatic heterocycles. The molecule has 0 aromatic carbocycles. The summed E-state index contributed by atoms with van der Waals surface area (Å²) < 4.78 is 35.0. The van der Waals surface area contributed by atoms with Crippen LogP contribution < -0.4 is 4.57 Å². The number of fused-ring (bicyclic) bond motifs is 1. The molecular formula is C26H36N4O5S. The van der Waals surface area contributed by atoms with Crippen molar-refractivity contribution in [3.8, 4) is 0 Å². The molecule has 0 bridgehead atoms. The van der Waals surface area contributed by atoms with Gasteiger partial charge in [-0.2, -0.15) is 5.10 Å². The minimum atomic E-state index is -4.25. The van der Waals surface area contributed by atoms with Crippen molar-refractivity contribution in [3.05, 3.63) is 47.8 Å². The summed E-state index contributed by atoms with van der Waals surface area (Å²) in [5, 5.41) is 15.0. The van der Waals surface area contributed by atoms with Gasteiger partial charge >= 0.3 is 11.8 Å². The first kappa shape index (κ1) is 27.7. The van der Waals surface area contributed by atoms with E-state index in [0.29, 0.717) is 13.0 Å². The molecular weight excluding hydrogens is 480 g/mol. The van der Waals surface area contributed by atoms with Crippen LogP contribution in [0.15, 0.2) is 52.3 Å². The second-order valence-electron chi connectivity index (χ2n) is 10.4. The van der Waals surface area contributed by atoms with E-state index in [-0.39, 0.29) is 23.7 Å². The second-order valence-corrected chi connectivity index (χ2v) is 11.9. The molecule has 36 heavy (non-hydrogen) atoms. The highest BCUT2D eigenvalue weighted by atomic mass is 32.2. The molecule has 10 heteroatoms. The number of aliphatic imine (C=N–C) groups is 1. The van der Waals surface area contributed by atoms with Crippen molar-refractivity contribution in [3.63, 3.8) is 0 Å². The van der Waals surface area contributed by atoms with Crippen LogP contribution in [0.25, 0.3) is 0 Å². The molecule has 0 amide bonds. The van der Waals surface area contributed by atoms with Gasteiger partial charge in [0.1, 0.15) is 0 Å². The Morgan fingerprint density at radius 2 is 1.94 bits per heavy atom. The Morgan fingerprint density at radius 3 is 2.64 bits per heavy atom. The zero-order valence-electron chi connectivity index (χ0n) is 21.5. The van der Waals surface area contributed by atoms with Crippen molar-refractivity contribution in [1.82, 2.24) is 5.01 Å². The molecule has 196 valence electrons. The number of carboxylic acids is 1. The fourth-order valence-electron chi connectivity index (χ4n) is 4.48. The Morgan fingerprint density at radius 1 is 1.19 bits per heavy atom. The van der Waals surface area contributed by atoms with Crippen molar-refractivity contribution < 1.29 is 27.4 Å². The van der Waals surface area contributed by atoms with Gasteiger partial charge in [0.2, 0.25) is 0 Å². The Kier molecular flexibility index (Phi) is 8.51. The van der Waals surface area contributed by atoms with Gasteiger partial charge in [-0.15, -0.1) is 0 Å².